The summed E-state index contributed by atoms with van der Waals surface area (Å²) < 4.78 is 28.0. The van der Waals surface area contributed by atoms with E-state index in [1.54, 1.807) is 14.2 Å². The third-order valence-electron chi connectivity index (χ3n) is 6.32. The topological polar surface area (TPSA) is 66.5 Å². The lowest BCUT2D eigenvalue weighted by Gasteiger charge is -2.47. The van der Waals surface area contributed by atoms with E-state index in [1.807, 2.05) is 72.5 Å². The van der Waals surface area contributed by atoms with Gasteiger partial charge in [-0.3, -0.25) is 4.79 Å². The average molecular weight is 462 g/mol. The summed E-state index contributed by atoms with van der Waals surface area (Å²) in [6.45, 7) is 2.72. The molecule has 2 aliphatic rings. The number of fused-ring (bicyclic) bond motifs is 1. The van der Waals surface area contributed by atoms with Crippen molar-refractivity contribution in [3.8, 4) is 28.7 Å². The van der Waals surface area contributed by atoms with Crippen LogP contribution >= 0.6 is 0 Å². The maximum Gasteiger partial charge on any atom is 0.266 e. The lowest BCUT2D eigenvalue weighted by molar-refractivity contribution is -0.164. The van der Waals surface area contributed by atoms with Crippen LogP contribution in [0.5, 0.6) is 28.7 Å². The quantitative estimate of drug-likeness (QED) is 0.466. The van der Waals surface area contributed by atoms with Crippen molar-refractivity contribution in [1.82, 2.24) is 4.90 Å². The summed E-state index contributed by atoms with van der Waals surface area (Å²) in [5.41, 5.74) is 3.00. The largest absolute Gasteiger partial charge is 0.493 e. The fraction of sp³-hybridized carbons (Fsp3) is 0.296. The van der Waals surface area contributed by atoms with Crippen LogP contribution in [0, 0.1) is 6.92 Å². The Morgan fingerprint density at radius 1 is 0.912 bits per heavy atom. The lowest BCUT2D eigenvalue weighted by Crippen LogP contribution is -2.61. The normalized spacial score (nSPS) is 18.4. The van der Waals surface area contributed by atoms with Crippen molar-refractivity contribution in [1.29, 1.82) is 0 Å². The fourth-order valence-electron chi connectivity index (χ4n) is 4.44. The molecule has 2 aliphatic heterocycles. The minimum absolute atomic E-state index is 0.0357. The van der Waals surface area contributed by atoms with Gasteiger partial charge in [0.2, 0.25) is 12.9 Å². The Kier molecular flexibility index (Phi) is 5.92. The molecular formula is C27H27NO6. The SMILES string of the molecule is COc1ccc(CCN2C(=O)[C@H](Oc3ccccc3C)[C@@H]2c2ccc3c(c2)OCO3)cc1OC. The second-order valence-corrected chi connectivity index (χ2v) is 8.33. The van der Waals surface area contributed by atoms with Crippen LogP contribution in [0.2, 0.25) is 0 Å². The number of aryl methyl sites for hydroxylation is 1. The molecule has 7 heteroatoms. The van der Waals surface area contributed by atoms with E-state index in [2.05, 4.69) is 0 Å². The summed E-state index contributed by atoms with van der Waals surface area (Å²) in [6.07, 6.45) is 0.0661. The van der Waals surface area contributed by atoms with Crippen molar-refractivity contribution >= 4 is 5.91 Å². The Balaban J connectivity index is 1.39. The molecule has 2 atom stereocenters. The third kappa shape index (κ3) is 3.98. The molecule has 0 aliphatic carbocycles. The van der Waals surface area contributed by atoms with E-state index in [4.69, 9.17) is 23.7 Å². The molecule has 0 aromatic heterocycles. The van der Waals surface area contributed by atoms with E-state index in [1.165, 1.54) is 0 Å². The van der Waals surface area contributed by atoms with Crippen molar-refractivity contribution in [3.05, 3.63) is 77.4 Å². The van der Waals surface area contributed by atoms with Crippen LogP contribution in [0.3, 0.4) is 0 Å². The minimum atomic E-state index is -0.605. The molecule has 176 valence electrons. The molecule has 1 fully saturated rings. The van der Waals surface area contributed by atoms with Gasteiger partial charge < -0.3 is 28.6 Å². The van der Waals surface area contributed by atoms with E-state index >= 15 is 0 Å². The molecule has 1 saturated heterocycles. The van der Waals surface area contributed by atoms with Gasteiger partial charge >= 0.3 is 0 Å². The van der Waals surface area contributed by atoms with Crippen LogP contribution in [0.4, 0.5) is 0 Å². The van der Waals surface area contributed by atoms with E-state index < -0.39 is 6.10 Å². The number of methoxy groups -OCH3 is 2. The summed E-state index contributed by atoms with van der Waals surface area (Å²) in [7, 11) is 3.23. The van der Waals surface area contributed by atoms with Gasteiger partial charge in [0.15, 0.2) is 23.0 Å². The molecule has 1 amide bonds. The molecule has 0 saturated carbocycles. The Morgan fingerprint density at radius 3 is 2.50 bits per heavy atom. The number of para-hydroxylation sites is 1. The summed E-state index contributed by atoms with van der Waals surface area (Å²) in [4.78, 5) is 15.1. The minimum Gasteiger partial charge on any atom is -0.493 e. The maximum atomic E-state index is 13.2. The first kappa shape index (κ1) is 21.9. The van der Waals surface area contributed by atoms with E-state index in [0.717, 1.165) is 16.7 Å². The molecule has 34 heavy (non-hydrogen) atoms. The number of carbonyl (C=O) groups is 1. The number of ether oxygens (including phenoxy) is 5. The van der Waals surface area contributed by atoms with Crippen molar-refractivity contribution in [2.75, 3.05) is 27.6 Å². The maximum absolute atomic E-state index is 13.2. The molecule has 3 aromatic rings. The highest BCUT2D eigenvalue weighted by Crippen LogP contribution is 2.42. The number of hydrogen-bond acceptors (Lipinski definition) is 6. The van der Waals surface area contributed by atoms with Gasteiger partial charge in [-0.2, -0.15) is 0 Å². The van der Waals surface area contributed by atoms with Gasteiger partial charge in [0, 0.05) is 6.54 Å². The second-order valence-electron chi connectivity index (χ2n) is 8.33. The first-order chi connectivity index (χ1) is 16.6. The zero-order chi connectivity index (χ0) is 23.7. The van der Waals surface area contributed by atoms with Crippen LogP contribution in [0.25, 0.3) is 0 Å². The van der Waals surface area contributed by atoms with E-state index in [9.17, 15) is 4.79 Å². The van der Waals surface area contributed by atoms with Gasteiger partial charge in [0.05, 0.1) is 14.2 Å². The number of rotatable bonds is 8. The molecule has 0 radical (unpaired) electrons. The van der Waals surface area contributed by atoms with Crippen molar-refractivity contribution in [2.24, 2.45) is 0 Å². The van der Waals surface area contributed by atoms with Gasteiger partial charge in [-0.1, -0.05) is 30.3 Å². The Bertz CT molecular complexity index is 1210. The van der Waals surface area contributed by atoms with Crippen LogP contribution in [0.15, 0.2) is 60.7 Å². The van der Waals surface area contributed by atoms with Crippen molar-refractivity contribution in [2.45, 2.75) is 25.5 Å². The Hall–Kier alpha value is -3.87. The predicted octanol–water partition coefficient (Wildman–Crippen LogP) is 4.31. The number of likely N-dealkylation sites (tertiary alicyclic amines) is 1. The van der Waals surface area contributed by atoms with Gasteiger partial charge in [-0.25, -0.2) is 0 Å². The van der Waals surface area contributed by atoms with E-state index in [0.29, 0.717) is 41.7 Å². The number of amides is 1. The molecule has 0 N–H and O–H groups in total. The standard InChI is InChI=1S/C27H27NO6/c1-17-6-4-5-7-20(17)34-26-25(19-9-11-22-24(15-19)33-16-32-22)28(27(26)29)13-12-18-8-10-21(30-2)23(14-18)31-3/h4-11,14-15,25-26H,12-13,16H2,1-3H3/t25-,26+/m0/s1. The molecule has 5 rings (SSSR count). The summed E-state index contributed by atoms with van der Waals surface area (Å²) in [5.74, 6) is 3.42. The fourth-order valence-corrected chi connectivity index (χ4v) is 4.44. The second kappa shape index (κ2) is 9.17. The van der Waals surface area contributed by atoms with Crippen molar-refractivity contribution < 1.29 is 28.5 Å². The molecular weight excluding hydrogens is 434 g/mol. The monoisotopic (exact) mass is 461 g/mol. The molecule has 7 nitrogen and oxygen atoms in total. The van der Waals surface area contributed by atoms with Gasteiger partial charge in [-0.15, -0.1) is 0 Å². The molecule has 0 unspecified atom stereocenters. The highest BCUT2D eigenvalue weighted by atomic mass is 16.7. The van der Waals surface area contributed by atoms with Gasteiger partial charge in [-0.05, 0) is 60.4 Å². The van der Waals surface area contributed by atoms with Crippen LogP contribution in [0.1, 0.15) is 22.7 Å². The lowest BCUT2D eigenvalue weighted by atomic mass is 9.89. The van der Waals surface area contributed by atoms with Crippen LogP contribution in [-0.2, 0) is 11.2 Å². The van der Waals surface area contributed by atoms with Gasteiger partial charge in [0.1, 0.15) is 11.8 Å². The zero-order valence-electron chi connectivity index (χ0n) is 19.4. The number of nitrogens with zero attached hydrogens (tertiary/aromatic N) is 1. The van der Waals surface area contributed by atoms with Gasteiger partial charge in [0.25, 0.3) is 5.91 Å². The summed E-state index contributed by atoms with van der Waals surface area (Å²) >= 11 is 0. The molecule has 3 aromatic carbocycles. The summed E-state index contributed by atoms with van der Waals surface area (Å²) in [6, 6.07) is 19.1. The van der Waals surface area contributed by atoms with Crippen LogP contribution < -0.4 is 23.7 Å². The molecule has 2 heterocycles. The predicted molar refractivity (Wildman–Crippen MR) is 126 cm³/mol. The Labute approximate surface area is 198 Å². The first-order valence-electron chi connectivity index (χ1n) is 11.2. The molecule has 0 bridgehead atoms. The number of hydrogen-bond donors (Lipinski definition) is 0. The third-order valence-corrected chi connectivity index (χ3v) is 6.32. The zero-order valence-corrected chi connectivity index (χ0v) is 19.4. The first-order valence-corrected chi connectivity index (χ1v) is 11.2. The Morgan fingerprint density at radius 2 is 1.71 bits per heavy atom. The smallest absolute Gasteiger partial charge is 0.266 e. The van der Waals surface area contributed by atoms with Crippen LogP contribution in [-0.4, -0.2) is 44.5 Å². The van der Waals surface area contributed by atoms with Crippen molar-refractivity contribution in [3.63, 3.8) is 0 Å². The highest BCUT2D eigenvalue weighted by molar-refractivity contribution is 5.89. The average Bonchev–Trinajstić information content (AvgIpc) is 3.33. The number of benzene rings is 3. The molecule has 0 spiro atoms. The summed E-state index contributed by atoms with van der Waals surface area (Å²) in [5, 5.41) is 0. The number of carbonyl (C=O) groups excluding carboxylic acids is 1. The highest BCUT2D eigenvalue weighted by Gasteiger charge is 2.50. The van der Waals surface area contributed by atoms with E-state index in [-0.39, 0.29) is 18.7 Å². The number of β-lactam (4-membered cyclic amide) rings is 1.